The van der Waals surface area contributed by atoms with E-state index in [1.807, 2.05) is 5.57 Å². The zero-order valence-electron chi connectivity index (χ0n) is 21.5. The summed E-state index contributed by atoms with van der Waals surface area (Å²) in [5.41, 5.74) is 1.85. The first kappa shape index (κ1) is 21.5. The highest BCUT2D eigenvalue weighted by Gasteiger charge is 2.50. The second-order valence-electron chi connectivity index (χ2n) is 13.8. The lowest BCUT2D eigenvalue weighted by Gasteiger charge is -2.60. The monoisotopic (exact) mass is 464 g/mol. The van der Waals surface area contributed by atoms with Crippen molar-refractivity contribution < 1.29 is 0 Å². The molecule has 0 N–H and O–H groups in total. The Morgan fingerprint density at radius 2 is 1.21 bits per heavy atom. The van der Waals surface area contributed by atoms with E-state index < -0.39 is 0 Å². The quantitative estimate of drug-likeness (QED) is 0.564. The summed E-state index contributed by atoms with van der Waals surface area (Å²) in [7, 11) is 0. The zero-order valence-corrected chi connectivity index (χ0v) is 21.5. The fourth-order valence-corrected chi connectivity index (χ4v) is 10.9. The van der Waals surface area contributed by atoms with Crippen molar-refractivity contribution in [2.45, 2.75) is 114 Å². The van der Waals surface area contributed by atoms with Crippen LogP contribution in [-0.4, -0.2) is 89.1 Å². The summed E-state index contributed by atoms with van der Waals surface area (Å²) in [5, 5.41) is 0. The van der Waals surface area contributed by atoms with Crippen LogP contribution >= 0.6 is 0 Å². The van der Waals surface area contributed by atoms with Crippen molar-refractivity contribution in [1.82, 2.24) is 19.6 Å². The lowest BCUT2D eigenvalue weighted by atomic mass is 9.68. The molecule has 34 heavy (non-hydrogen) atoms. The number of hydrogen-bond acceptors (Lipinski definition) is 4. The smallest absolute Gasteiger partial charge is 0.0328 e. The topological polar surface area (TPSA) is 13.0 Å². The SMILES string of the molecule is C1=C(C2CCCC3[C@H]4C[C@@H](CN23)C2CCCCN2C4)CCC2[C@@H]3C[C@H](CN12)C1CCCCN1C3. The van der Waals surface area contributed by atoms with Crippen LogP contribution in [0.5, 0.6) is 0 Å². The van der Waals surface area contributed by atoms with Gasteiger partial charge in [-0.25, -0.2) is 0 Å². The molecule has 5 unspecified atom stereocenters. The van der Waals surface area contributed by atoms with Crippen molar-refractivity contribution >= 4 is 0 Å². The third kappa shape index (κ3) is 3.40. The van der Waals surface area contributed by atoms with Crippen LogP contribution in [0.2, 0.25) is 0 Å². The van der Waals surface area contributed by atoms with Gasteiger partial charge in [0.25, 0.3) is 0 Å². The zero-order chi connectivity index (χ0) is 22.2. The Kier molecular flexibility index (Phi) is 5.36. The molecule has 8 rings (SSSR count). The molecule has 8 aliphatic heterocycles. The molecule has 0 radical (unpaired) electrons. The molecule has 8 aliphatic rings. The highest BCUT2D eigenvalue weighted by molar-refractivity contribution is 5.20. The van der Waals surface area contributed by atoms with Crippen molar-refractivity contribution in [3.63, 3.8) is 0 Å². The van der Waals surface area contributed by atoms with E-state index in [0.717, 1.165) is 53.9 Å². The van der Waals surface area contributed by atoms with E-state index in [2.05, 4.69) is 25.8 Å². The second kappa shape index (κ2) is 8.48. The van der Waals surface area contributed by atoms with Crippen LogP contribution in [0, 0.1) is 23.7 Å². The number of piperidine rings is 7. The molecule has 7 fully saturated rings. The molecule has 0 amide bonds. The highest BCUT2D eigenvalue weighted by Crippen LogP contribution is 2.48. The van der Waals surface area contributed by atoms with Gasteiger partial charge in [-0.2, -0.15) is 0 Å². The minimum atomic E-state index is 0.771. The van der Waals surface area contributed by atoms with E-state index in [-0.39, 0.29) is 0 Å². The maximum Gasteiger partial charge on any atom is 0.0328 e. The van der Waals surface area contributed by atoms with Crippen molar-refractivity contribution in [3.05, 3.63) is 11.8 Å². The van der Waals surface area contributed by atoms with E-state index in [0.29, 0.717) is 0 Å². The molecular weight excluding hydrogens is 416 g/mol. The van der Waals surface area contributed by atoms with Crippen LogP contribution in [0.25, 0.3) is 0 Å². The predicted octanol–water partition coefficient (Wildman–Crippen LogP) is 4.57. The van der Waals surface area contributed by atoms with Crippen molar-refractivity contribution in [2.75, 3.05) is 39.3 Å². The van der Waals surface area contributed by atoms with Crippen molar-refractivity contribution in [2.24, 2.45) is 23.7 Å². The number of nitrogens with zero attached hydrogens (tertiary/aromatic N) is 4. The molecule has 4 bridgehead atoms. The predicted molar refractivity (Wildman–Crippen MR) is 138 cm³/mol. The molecule has 0 saturated carbocycles. The molecule has 0 aromatic rings. The van der Waals surface area contributed by atoms with Gasteiger partial charge < -0.3 is 4.90 Å². The van der Waals surface area contributed by atoms with Crippen LogP contribution in [0.1, 0.15) is 83.5 Å². The molecule has 4 nitrogen and oxygen atoms in total. The van der Waals surface area contributed by atoms with Crippen LogP contribution in [0.4, 0.5) is 0 Å². The fourth-order valence-electron chi connectivity index (χ4n) is 10.9. The molecule has 0 aromatic heterocycles. The van der Waals surface area contributed by atoms with E-state index >= 15 is 0 Å². The van der Waals surface area contributed by atoms with E-state index in [1.165, 1.54) is 116 Å². The van der Waals surface area contributed by atoms with Gasteiger partial charge in [-0.15, -0.1) is 0 Å². The summed E-state index contributed by atoms with van der Waals surface area (Å²) < 4.78 is 0. The van der Waals surface area contributed by atoms with Gasteiger partial charge in [-0.1, -0.05) is 12.8 Å². The molecular formula is C30H48N4. The van der Waals surface area contributed by atoms with E-state index in [4.69, 9.17) is 0 Å². The summed E-state index contributed by atoms with van der Waals surface area (Å²) in [5.74, 6) is 3.80. The van der Waals surface area contributed by atoms with Gasteiger partial charge >= 0.3 is 0 Å². The molecule has 8 heterocycles. The van der Waals surface area contributed by atoms with Gasteiger partial charge in [0.05, 0.1) is 0 Å². The summed E-state index contributed by atoms with van der Waals surface area (Å²) in [6.07, 6.45) is 21.9. The lowest BCUT2D eigenvalue weighted by Crippen LogP contribution is -2.65. The Hall–Kier alpha value is -0.580. The van der Waals surface area contributed by atoms with Crippen LogP contribution < -0.4 is 0 Å². The number of hydrogen-bond donors (Lipinski definition) is 0. The molecule has 4 heteroatoms. The summed E-state index contributed by atoms with van der Waals surface area (Å²) in [4.78, 5) is 11.9. The van der Waals surface area contributed by atoms with Gasteiger partial charge in [0, 0.05) is 62.6 Å². The standard InChI is InChI=1S/C30H48N4/c1-3-12-31-17-22-14-23(26(31)6-1)19-33-16-21(10-11-28(22)33)29-8-5-9-30-24-15-25(20-34(29)30)27-7-2-4-13-32(27)18-24/h16,22-30H,1-15,17-20H2/t22-,23-,24+,25+,26?,27?,28?,29?,30?/m1/s1. The number of rotatable bonds is 1. The van der Waals surface area contributed by atoms with Gasteiger partial charge in [0.2, 0.25) is 0 Å². The van der Waals surface area contributed by atoms with Gasteiger partial charge in [0.1, 0.15) is 0 Å². The summed E-state index contributed by atoms with van der Waals surface area (Å²) >= 11 is 0. The number of fused-ring (bicyclic) bond motifs is 12. The summed E-state index contributed by atoms with van der Waals surface area (Å²) in [6.45, 7) is 8.40. The second-order valence-corrected chi connectivity index (χ2v) is 13.8. The lowest BCUT2D eigenvalue weighted by molar-refractivity contribution is -0.0867. The maximum atomic E-state index is 3.11. The average molecular weight is 465 g/mol. The van der Waals surface area contributed by atoms with Crippen LogP contribution in [0.3, 0.4) is 0 Å². The Morgan fingerprint density at radius 1 is 0.559 bits per heavy atom. The summed E-state index contributed by atoms with van der Waals surface area (Å²) in [6, 6.07) is 4.32. The molecule has 7 saturated heterocycles. The molecule has 0 spiro atoms. The molecule has 9 atom stereocenters. The minimum Gasteiger partial charge on any atom is -0.374 e. The van der Waals surface area contributed by atoms with Crippen LogP contribution in [0.15, 0.2) is 11.8 Å². The largest absolute Gasteiger partial charge is 0.374 e. The molecule has 188 valence electrons. The first-order chi connectivity index (χ1) is 16.8. The highest BCUT2D eigenvalue weighted by atomic mass is 15.3. The van der Waals surface area contributed by atoms with Gasteiger partial charge in [-0.3, -0.25) is 14.7 Å². The fraction of sp³-hybridized carbons (Fsp3) is 0.933. The van der Waals surface area contributed by atoms with Crippen molar-refractivity contribution in [3.8, 4) is 0 Å². The van der Waals surface area contributed by atoms with E-state index in [9.17, 15) is 0 Å². The maximum absolute atomic E-state index is 3.11. The van der Waals surface area contributed by atoms with Crippen molar-refractivity contribution in [1.29, 1.82) is 0 Å². The first-order valence-electron chi connectivity index (χ1n) is 15.5. The first-order valence-corrected chi connectivity index (χ1v) is 15.5. The normalized spacial score (nSPS) is 49.4. The Labute approximate surface area is 208 Å². The van der Waals surface area contributed by atoms with Crippen LogP contribution in [-0.2, 0) is 0 Å². The minimum absolute atomic E-state index is 0.771. The van der Waals surface area contributed by atoms with Gasteiger partial charge in [0.15, 0.2) is 0 Å². The third-order valence-corrected chi connectivity index (χ3v) is 12.3. The Bertz CT molecular complexity index is 810. The van der Waals surface area contributed by atoms with Gasteiger partial charge in [-0.05, 0) is 113 Å². The molecule has 0 aromatic carbocycles. The molecule has 0 aliphatic carbocycles. The Balaban J connectivity index is 1.03. The average Bonchev–Trinajstić information content (AvgIpc) is 2.88. The third-order valence-electron chi connectivity index (χ3n) is 12.3. The Morgan fingerprint density at radius 3 is 1.97 bits per heavy atom. The van der Waals surface area contributed by atoms with E-state index in [1.54, 1.807) is 6.42 Å².